The van der Waals surface area contributed by atoms with Gasteiger partial charge < -0.3 is 9.88 Å². The Morgan fingerprint density at radius 1 is 1.29 bits per heavy atom. The summed E-state index contributed by atoms with van der Waals surface area (Å²) in [5, 5.41) is 0. The topological polar surface area (TPSA) is 36.1 Å². The van der Waals surface area contributed by atoms with E-state index in [1.54, 1.807) is 0 Å². The van der Waals surface area contributed by atoms with Crippen LogP contribution >= 0.6 is 0 Å². The number of aromatic amines is 1. The summed E-state index contributed by atoms with van der Waals surface area (Å²) >= 11 is 0. The highest BCUT2D eigenvalue weighted by Gasteiger charge is 2.16. The molecule has 1 fully saturated rings. The van der Waals surface area contributed by atoms with Crippen LogP contribution in [0, 0.1) is 5.82 Å². The Morgan fingerprint density at radius 2 is 2.00 bits per heavy atom. The summed E-state index contributed by atoms with van der Waals surface area (Å²) in [6, 6.07) is 1.21. The minimum Gasteiger partial charge on any atom is -0.356 e. The summed E-state index contributed by atoms with van der Waals surface area (Å²) in [6.45, 7) is 1.66. The van der Waals surface area contributed by atoms with Crippen LogP contribution in [0.3, 0.4) is 0 Å². The Kier molecular flexibility index (Phi) is 2.52. The van der Waals surface area contributed by atoms with E-state index < -0.39 is 11.2 Å². The number of halogens is 1. The number of nitrogens with zero attached hydrogens (tertiary/aromatic N) is 1. The van der Waals surface area contributed by atoms with Gasteiger partial charge in [0.2, 0.25) is 11.2 Å². The molecule has 0 radical (unpaired) electrons. The molecule has 0 amide bonds. The summed E-state index contributed by atoms with van der Waals surface area (Å²) in [4.78, 5) is 15.8. The summed E-state index contributed by atoms with van der Waals surface area (Å²) < 4.78 is 13.4. The van der Waals surface area contributed by atoms with Crippen molar-refractivity contribution >= 4 is 5.82 Å². The maximum atomic E-state index is 13.4. The van der Waals surface area contributed by atoms with Crippen LogP contribution in [-0.2, 0) is 0 Å². The minimum absolute atomic E-state index is 0.345. The molecule has 0 atom stereocenters. The van der Waals surface area contributed by atoms with E-state index in [0.717, 1.165) is 25.9 Å². The van der Waals surface area contributed by atoms with Gasteiger partial charge in [0.15, 0.2) is 0 Å². The van der Waals surface area contributed by atoms with Crippen LogP contribution in [-0.4, -0.2) is 18.1 Å². The number of hydrogen-bond donors (Lipinski definition) is 1. The molecular weight excluding hydrogens is 183 g/mol. The van der Waals surface area contributed by atoms with Crippen LogP contribution in [0.1, 0.15) is 19.3 Å². The highest BCUT2D eigenvalue weighted by atomic mass is 19.1. The van der Waals surface area contributed by atoms with E-state index in [9.17, 15) is 9.18 Å². The lowest BCUT2D eigenvalue weighted by molar-refractivity contribution is 0.546. The number of nitrogens with one attached hydrogen (secondary N) is 1. The van der Waals surface area contributed by atoms with E-state index in [-0.39, 0.29) is 0 Å². The molecule has 14 heavy (non-hydrogen) atoms. The molecule has 1 aliphatic rings. The lowest BCUT2D eigenvalue weighted by Crippen LogP contribution is -2.32. The Balaban J connectivity index is 2.30. The maximum absolute atomic E-state index is 13.4. The van der Waals surface area contributed by atoms with Gasteiger partial charge in [-0.1, -0.05) is 0 Å². The fraction of sp³-hybridized carbons (Fsp3) is 0.500. The van der Waals surface area contributed by atoms with Crippen LogP contribution in [0.2, 0.25) is 0 Å². The molecule has 0 aromatic carbocycles. The second kappa shape index (κ2) is 3.82. The van der Waals surface area contributed by atoms with Gasteiger partial charge in [0.1, 0.15) is 5.82 Å². The molecule has 1 aromatic rings. The summed E-state index contributed by atoms with van der Waals surface area (Å²) in [6.07, 6.45) is 4.82. The SMILES string of the molecule is O=c1cc[nH]c(N2CCCCC2)c1F. The van der Waals surface area contributed by atoms with Gasteiger partial charge in [-0.2, -0.15) is 4.39 Å². The van der Waals surface area contributed by atoms with E-state index >= 15 is 0 Å². The molecule has 76 valence electrons. The number of H-pyrrole nitrogens is 1. The lowest BCUT2D eigenvalue weighted by atomic mass is 10.1. The molecule has 0 spiro atoms. The quantitative estimate of drug-likeness (QED) is 0.739. The van der Waals surface area contributed by atoms with Gasteiger partial charge in [0, 0.05) is 25.4 Å². The Labute approximate surface area is 81.6 Å². The van der Waals surface area contributed by atoms with Gasteiger partial charge in [-0.3, -0.25) is 4.79 Å². The van der Waals surface area contributed by atoms with Gasteiger partial charge in [-0.05, 0) is 19.3 Å². The van der Waals surface area contributed by atoms with Gasteiger partial charge in [0.25, 0.3) is 0 Å². The predicted octanol–water partition coefficient (Wildman–Crippen LogP) is 1.50. The molecule has 1 aliphatic heterocycles. The van der Waals surface area contributed by atoms with Gasteiger partial charge >= 0.3 is 0 Å². The zero-order chi connectivity index (χ0) is 9.97. The van der Waals surface area contributed by atoms with Crippen molar-refractivity contribution in [3.8, 4) is 0 Å². The smallest absolute Gasteiger partial charge is 0.219 e. The maximum Gasteiger partial charge on any atom is 0.219 e. The Morgan fingerprint density at radius 3 is 2.71 bits per heavy atom. The molecule has 0 unspecified atom stereocenters. The molecule has 0 saturated carbocycles. The summed E-state index contributed by atoms with van der Waals surface area (Å²) in [5.74, 6) is -0.313. The molecule has 3 nitrogen and oxygen atoms in total. The van der Waals surface area contributed by atoms with Crippen LogP contribution in [0.25, 0.3) is 0 Å². The first-order chi connectivity index (χ1) is 6.79. The van der Waals surface area contributed by atoms with Crippen molar-refractivity contribution in [1.29, 1.82) is 0 Å². The molecule has 2 rings (SSSR count). The number of anilines is 1. The molecule has 4 heteroatoms. The van der Waals surface area contributed by atoms with Crippen LogP contribution < -0.4 is 10.3 Å². The zero-order valence-corrected chi connectivity index (χ0v) is 7.92. The third kappa shape index (κ3) is 1.64. The van der Waals surface area contributed by atoms with Crippen molar-refractivity contribution in [3.63, 3.8) is 0 Å². The number of rotatable bonds is 1. The average Bonchev–Trinajstić information content (AvgIpc) is 2.23. The zero-order valence-electron chi connectivity index (χ0n) is 7.92. The van der Waals surface area contributed by atoms with Crippen molar-refractivity contribution in [2.75, 3.05) is 18.0 Å². The Bertz CT molecular complexity index is 369. The van der Waals surface area contributed by atoms with E-state index in [1.807, 2.05) is 4.90 Å². The third-order valence-corrected chi connectivity index (χ3v) is 2.55. The fourth-order valence-electron chi connectivity index (χ4n) is 1.80. The predicted molar refractivity (Wildman–Crippen MR) is 53.1 cm³/mol. The fourth-order valence-corrected chi connectivity index (χ4v) is 1.80. The van der Waals surface area contributed by atoms with Gasteiger partial charge in [-0.15, -0.1) is 0 Å². The molecular formula is C10H13FN2O. The van der Waals surface area contributed by atoms with Crippen molar-refractivity contribution in [2.24, 2.45) is 0 Å². The minimum atomic E-state index is -0.658. The molecule has 0 aliphatic carbocycles. The number of piperidine rings is 1. The number of hydrogen-bond acceptors (Lipinski definition) is 2. The molecule has 2 heterocycles. The standard InChI is InChI=1S/C10H13FN2O/c11-9-8(14)4-5-12-10(9)13-6-2-1-3-7-13/h4-5H,1-3,6-7H2,(H,12,14). The van der Waals surface area contributed by atoms with Gasteiger partial charge in [-0.25, -0.2) is 0 Å². The summed E-state index contributed by atoms with van der Waals surface area (Å²) in [5.41, 5.74) is -0.538. The lowest BCUT2D eigenvalue weighted by Gasteiger charge is -2.28. The highest BCUT2D eigenvalue weighted by Crippen LogP contribution is 2.17. The van der Waals surface area contributed by atoms with Crippen LogP contribution in [0.4, 0.5) is 10.2 Å². The first-order valence-corrected chi connectivity index (χ1v) is 4.91. The molecule has 1 saturated heterocycles. The normalized spacial score (nSPS) is 17.1. The van der Waals surface area contributed by atoms with Gasteiger partial charge in [0.05, 0.1) is 0 Å². The van der Waals surface area contributed by atoms with Crippen molar-refractivity contribution in [3.05, 3.63) is 28.3 Å². The molecule has 1 aromatic heterocycles. The average molecular weight is 196 g/mol. The van der Waals surface area contributed by atoms with Crippen molar-refractivity contribution in [2.45, 2.75) is 19.3 Å². The second-order valence-electron chi connectivity index (χ2n) is 3.55. The first kappa shape index (κ1) is 9.24. The summed E-state index contributed by atoms with van der Waals surface area (Å²) in [7, 11) is 0. The number of aromatic nitrogens is 1. The Hall–Kier alpha value is -1.32. The van der Waals surface area contributed by atoms with E-state index in [1.165, 1.54) is 18.7 Å². The third-order valence-electron chi connectivity index (χ3n) is 2.55. The van der Waals surface area contributed by atoms with E-state index in [2.05, 4.69) is 4.98 Å². The van der Waals surface area contributed by atoms with E-state index in [0.29, 0.717) is 5.82 Å². The molecule has 0 bridgehead atoms. The van der Waals surface area contributed by atoms with Crippen LogP contribution in [0.15, 0.2) is 17.1 Å². The molecule has 1 N–H and O–H groups in total. The number of pyridine rings is 1. The highest BCUT2D eigenvalue weighted by molar-refractivity contribution is 5.39. The second-order valence-corrected chi connectivity index (χ2v) is 3.55. The van der Waals surface area contributed by atoms with Crippen molar-refractivity contribution in [1.82, 2.24) is 4.98 Å². The van der Waals surface area contributed by atoms with Crippen molar-refractivity contribution < 1.29 is 4.39 Å². The monoisotopic (exact) mass is 196 g/mol. The van der Waals surface area contributed by atoms with Crippen LogP contribution in [0.5, 0.6) is 0 Å². The first-order valence-electron chi connectivity index (χ1n) is 4.91. The largest absolute Gasteiger partial charge is 0.356 e. The van der Waals surface area contributed by atoms with E-state index in [4.69, 9.17) is 0 Å².